The lowest BCUT2D eigenvalue weighted by Gasteiger charge is -2.13. The summed E-state index contributed by atoms with van der Waals surface area (Å²) < 4.78 is 0. The molecule has 1 aromatic carbocycles. The molecule has 3 N–H and O–H groups in total. The van der Waals surface area contributed by atoms with E-state index in [-0.39, 0.29) is 18.2 Å². The van der Waals surface area contributed by atoms with E-state index in [2.05, 4.69) is 10.6 Å². The molecule has 1 fully saturated rings. The zero-order valence-corrected chi connectivity index (χ0v) is 10.7. The number of hydrogen-bond acceptors (Lipinski definition) is 3. The van der Waals surface area contributed by atoms with Gasteiger partial charge in [0.1, 0.15) is 0 Å². The largest absolute Gasteiger partial charge is 0.481 e. The fourth-order valence-electron chi connectivity index (χ4n) is 2.22. The van der Waals surface area contributed by atoms with E-state index >= 15 is 0 Å². The van der Waals surface area contributed by atoms with Gasteiger partial charge in [0.15, 0.2) is 0 Å². The van der Waals surface area contributed by atoms with Gasteiger partial charge in [-0.3, -0.25) is 9.59 Å². The second-order valence-electron chi connectivity index (χ2n) is 4.73. The molecular weight excluding hydrogens is 244 g/mol. The normalized spacial score (nSPS) is 18.2. The molecule has 0 saturated carbocycles. The maximum Gasteiger partial charge on any atom is 0.303 e. The van der Waals surface area contributed by atoms with Crippen LogP contribution < -0.4 is 10.6 Å². The average molecular weight is 262 g/mol. The van der Waals surface area contributed by atoms with Gasteiger partial charge in [-0.25, -0.2) is 0 Å². The first-order valence-corrected chi connectivity index (χ1v) is 6.48. The lowest BCUT2D eigenvalue weighted by atomic mass is 10.1. The van der Waals surface area contributed by atoms with Crippen LogP contribution in [0.1, 0.15) is 18.4 Å². The maximum absolute atomic E-state index is 12.0. The number of carbonyl (C=O) groups excluding carboxylic acids is 1. The Hall–Kier alpha value is -1.88. The molecule has 1 aromatic rings. The highest BCUT2D eigenvalue weighted by Crippen LogP contribution is 2.19. The standard InChI is InChI=1S/C14H18N2O3/c17-13(18)6-5-10-3-1-2-4-12(10)16-14(19)11-7-8-15-9-11/h1-4,11,15H,5-9H2,(H,16,19)(H,17,18). The van der Waals surface area contributed by atoms with Crippen LogP contribution in [0.15, 0.2) is 24.3 Å². The van der Waals surface area contributed by atoms with E-state index in [1.165, 1.54) is 0 Å². The van der Waals surface area contributed by atoms with Gasteiger partial charge in [0.05, 0.1) is 5.92 Å². The van der Waals surface area contributed by atoms with Gasteiger partial charge in [0.2, 0.25) is 5.91 Å². The number of carbonyl (C=O) groups is 2. The highest BCUT2D eigenvalue weighted by atomic mass is 16.4. The zero-order valence-electron chi connectivity index (χ0n) is 10.7. The van der Waals surface area contributed by atoms with Crippen LogP contribution in [0.4, 0.5) is 5.69 Å². The number of carboxylic acids is 1. The monoisotopic (exact) mass is 262 g/mol. The maximum atomic E-state index is 12.0. The first-order valence-electron chi connectivity index (χ1n) is 6.48. The summed E-state index contributed by atoms with van der Waals surface area (Å²) in [5.74, 6) is -0.818. The van der Waals surface area contributed by atoms with E-state index < -0.39 is 5.97 Å². The van der Waals surface area contributed by atoms with Gasteiger partial charge in [-0.15, -0.1) is 0 Å². The zero-order chi connectivity index (χ0) is 13.7. The first kappa shape index (κ1) is 13.5. The number of aryl methyl sites for hydroxylation is 1. The van der Waals surface area contributed by atoms with Crippen LogP contribution in [-0.4, -0.2) is 30.1 Å². The molecule has 1 aliphatic heterocycles. The van der Waals surface area contributed by atoms with Crippen LogP contribution in [0.5, 0.6) is 0 Å². The van der Waals surface area contributed by atoms with Crippen molar-refractivity contribution >= 4 is 17.6 Å². The minimum atomic E-state index is -0.832. The van der Waals surface area contributed by atoms with E-state index in [0.717, 1.165) is 24.2 Å². The van der Waals surface area contributed by atoms with E-state index in [0.29, 0.717) is 13.0 Å². The molecule has 0 spiro atoms. The van der Waals surface area contributed by atoms with E-state index in [4.69, 9.17) is 5.11 Å². The summed E-state index contributed by atoms with van der Waals surface area (Å²) in [7, 11) is 0. The third-order valence-electron chi connectivity index (χ3n) is 3.31. The van der Waals surface area contributed by atoms with Crippen LogP contribution in [0.3, 0.4) is 0 Å². The summed E-state index contributed by atoms with van der Waals surface area (Å²) in [6, 6.07) is 7.36. The van der Waals surface area contributed by atoms with Crippen LogP contribution in [0, 0.1) is 5.92 Å². The molecular formula is C14H18N2O3. The van der Waals surface area contributed by atoms with Crippen molar-refractivity contribution in [3.8, 4) is 0 Å². The molecule has 5 heteroatoms. The molecule has 1 unspecified atom stereocenters. The Morgan fingerprint density at radius 1 is 1.37 bits per heavy atom. The van der Waals surface area contributed by atoms with Crippen LogP contribution in [0.25, 0.3) is 0 Å². The number of rotatable bonds is 5. The number of benzene rings is 1. The van der Waals surface area contributed by atoms with E-state index in [9.17, 15) is 9.59 Å². The van der Waals surface area contributed by atoms with Crippen molar-refractivity contribution in [3.63, 3.8) is 0 Å². The van der Waals surface area contributed by atoms with E-state index in [1.54, 1.807) is 0 Å². The van der Waals surface area contributed by atoms with Crippen molar-refractivity contribution in [2.75, 3.05) is 18.4 Å². The van der Waals surface area contributed by atoms with Gasteiger partial charge in [-0.2, -0.15) is 0 Å². The van der Waals surface area contributed by atoms with E-state index in [1.807, 2.05) is 24.3 Å². The molecule has 1 amide bonds. The number of para-hydroxylation sites is 1. The molecule has 0 bridgehead atoms. The van der Waals surface area contributed by atoms with Crippen molar-refractivity contribution in [2.24, 2.45) is 5.92 Å². The lowest BCUT2D eigenvalue weighted by molar-refractivity contribution is -0.137. The molecule has 1 heterocycles. The molecule has 1 aliphatic rings. The smallest absolute Gasteiger partial charge is 0.303 e. The minimum Gasteiger partial charge on any atom is -0.481 e. The van der Waals surface area contributed by atoms with Crippen molar-refractivity contribution in [3.05, 3.63) is 29.8 Å². The number of hydrogen-bond donors (Lipinski definition) is 3. The third kappa shape index (κ3) is 3.79. The van der Waals surface area contributed by atoms with Crippen molar-refractivity contribution in [1.82, 2.24) is 5.32 Å². The predicted molar refractivity (Wildman–Crippen MR) is 72.0 cm³/mol. The van der Waals surface area contributed by atoms with Gasteiger partial charge in [0, 0.05) is 18.7 Å². The quantitative estimate of drug-likeness (QED) is 0.746. The second-order valence-corrected chi connectivity index (χ2v) is 4.73. The SMILES string of the molecule is O=C(O)CCc1ccccc1NC(=O)C1CCNC1. The Labute approximate surface area is 112 Å². The van der Waals surface area contributed by atoms with Crippen molar-refractivity contribution in [2.45, 2.75) is 19.3 Å². The topological polar surface area (TPSA) is 78.4 Å². The number of aliphatic carboxylic acids is 1. The van der Waals surface area contributed by atoms with Crippen LogP contribution in [0.2, 0.25) is 0 Å². The van der Waals surface area contributed by atoms with Crippen LogP contribution in [-0.2, 0) is 16.0 Å². The summed E-state index contributed by atoms with van der Waals surface area (Å²) in [5.41, 5.74) is 1.59. The predicted octanol–water partition coefficient (Wildman–Crippen LogP) is 1.25. The molecule has 2 rings (SSSR count). The number of carboxylic acid groups (broad SMARTS) is 1. The molecule has 0 aromatic heterocycles. The lowest BCUT2D eigenvalue weighted by Crippen LogP contribution is -2.25. The fourth-order valence-corrected chi connectivity index (χ4v) is 2.22. The Morgan fingerprint density at radius 3 is 2.84 bits per heavy atom. The number of nitrogens with one attached hydrogen (secondary N) is 2. The third-order valence-corrected chi connectivity index (χ3v) is 3.31. The van der Waals surface area contributed by atoms with Crippen molar-refractivity contribution in [1.29, 1.82) is 0 Å². The number of anilines is 1. The fraction of sp³-hybridized carbons (Fsp3) is 0.429. The summed E-state index contributed by atoms with van der Waals surface area (Å²) >= 11 is 0. The van der Waals surface area contributed by atoms with Crippen molar-refractivity contribution < 1.29 is 14.7 Å². The van der Waals surface area contributed by atoms with Gasteiger partial charge in [-0.1, -0.05) is 18.2 Å². The summed E-state index contributed by atoms with van der Waals surface area (Å²) in [6.07, 6.45) is 1.34. The Kier molecular flexibility index (Phi) is 4.52. The van der Waals surface area contributed by atoms with Gasteiger partial charge in [-0.05, 0) is 31.0 Å². The second kappa shape index (κ2) is 6.33. The van der Waals surface area contributed by atoms with Gasteiger partial charge >= 0.3 is 5.97 Å². The summed E-state index contributed by atoms with van der Waals surface area (Å²) in [5, 5.41) is 14.8. The average Bonchev–Trinajstić information content (AvgIpc) is 2.91. The first-order chi connectivity index (χ1) is 9.16. The molecule has 19 heavy (non-hydrogen) atoms. The molecule has 1 atom stereocenters. The van der Waals surface area contributed by atoms with Gasteiger partial charge < -0.3 is 15.7 Å². The number of amides is 1. The highest BCUT2D eigenvalue weighted by molar-refractivity contribution is 5.93. The molecule has 102 valence electrons. The highest BCUT2D eigenvalue weighted by Gasteiger charge is 2.22. The Bertz CT molecular complexity index is 468. The molecule has 5 nitrogen and oxygen atoms in total. The van der Waals surface area contributed by atoms with Gasteiger partial charge in [0.25, 0.3) is 0 Å². The summed E-state index contributed by atoms with van der Waals surface area (Å²) in [6.45, 7) is 1.59. The Morgan fingerprint density at radius 2 is 2.16 bits per heavy atom. The molecule has 1 saturated heterocycles. The Balaban J connectivity index is 2.02. The minimum absolute atomic E-state index is 0.00697. The van der Waals surface area contributed by atoms with Crippen LogP contribution >= 0.6 is 0 Å². The molecule has 0 radical (unpaired) electrons. The molecule has 0 aliphatic carbocycles. The summed E-state index contributed by atoms with van der Waals surface area (Å²) in [4.78, 5) is 22.7.